The summed E-state index contributed by atoms with van der Waals surface area (Å²) in [5.41, 5.74) is 1.46. The van der Waals surface area contributed by atoms with Crippen molar-refractivity contribution in [3.63, 3.8) is 0 Å². The zero-order chi connectivity index (χ0) is 23.8. The van der Waals surface area contributed by atoms with E-state index >= 15 is 0 Å². The Labute approximate surface area is 202 Å². The Hall–Kier alpha value is -1.94. The molecule has 0 aliphatic carbocycles. The summed E-state index contributed by atoms with van der Waals surface area (Å²) in [5, 5.41) is 5.07. The molecule has 0 unspecified atom stereocenters. The lowest BCUT2D eigenvalue weighted by Crippen LogP contribution is -2.46. The summed E-state index contributed by atoms with van der Waals surface area (Å²) in [7, 11) is -3.61. The van der Waals surface area contributed by atoms with E-state index in [2.05, 4.69) is 28.1 Å². The molecule has 1 aliphatic heterocycles. The topological polar surface area (TPSA) is 73.0 Å². The van der Waals surface area contributed by atoms with Crippen molar-refractivity contribution in [3.05, 3.63) is 40.6 Å². The van der Waals surface area contributed by atoms with Gasteiger partial charge in [-0.15, -0.1) is 11.3 Å². The zero-order valence-electron chi connectivity index (χ0n) is 19.9. The van der Waals surface area contributed by atoms with Crippen molar-refractivity contribution in [1.29, 1.82) is 0 Å². The Balaban J connectivity index is 1.80. The van der Waals surface area contributed by atoms with Gasteiger partial charge in [0, 0.05) is 50.6 Å². The van der Waals surface area contributed by atoms with Gasteiger partial charge < -0.3 is 15.1 Å². The van der Waals surface area contributed by atoms with Crippen LogP contribution in [0.25, 0.3) is 0 Å². The minimum Gasteiger partial charge on any atom is -0.367 e. The van der Waals surface area contributed by atoms with Crippen LogP contribution in [-0.2, 0) is 21.2 Å². The molecular weight excluding hydrogens is 456 g/mol. The van der Waals surface area contributed by atoms with E-state index < -0.39 is 10.0 Å². The van der Waals surface area contributed by atoms with Crippen LogP contribution >= 0.6 is 11.3 Å². The molecule has 1 N–H and O–H groups in total. The fourth-order valence-electron chi connectivity index (χ4n) is 4.16. The molecule has 0 atom stereocenters. The van der Waals surface area contributed by atoms with Gasteiger partial charge in [0.15, 0.2) is 0 Å². The van der Waals surface area contributed by atoms with E-state index in [0.29, 0.717) is 25.2 Å². The van der Waals surface area contributed by atoms with Gasteiger partial charge in [0.25, 0.3) is 0 Å². The van der Waals surface area contributed by atoms with Crippen LogP contribution in [0.5, 0.6) is 0 Å². The molecule has 1 aromatic heterocycles. The number of sulfonamides is 1. The van der Waals surface area contributed by atoms with Crippen molar-refractivity contribution in [2.24, 2.45) is 0 Å². The average Bonchev–Trinajstić information content (AvgIpc) is 3.33. The van der Waals surface area contributed by atoms with Gasteiger partial charge in [-0.2, -0.15) is 4.31 Å². The number of hydrogen-bond donors (Lipinski definition) is 1. The third-order valence-corrected chi connectivity index (χ3v) is 9.13. The highest BCUT2D eigenvalue weighted by atomic mass is 32.2. The van der Waals surface area contributed by atoms with Crippen LogP contribution in [0.1, 0.15) is 38.5 Å². The second-order valence-electron chi connectivity index (χ2n) is 8.17. The Morgan fingerprint density at radius 3 is 2.42 bits per heavy atom. The average molecular weight is 493 g/mol. The molecule has 1 aliphatic rings. The molecular formula is C24H36N4O3S2. The van der Waals surface area contributed by atoms with Crippen LogP contribution in [0.4, 0.5) is 11.4 Å². The van der Waals surface area contributed by atoms with Gasteiger partial charge in [-0.3, -0.25) is 4.79 Å². The molecule has 0 saturated carbocycles. The predicted octanol–water partition coefficient (Wildman–Crippen LogP) is 3.88. The predicted molar refractivity (Wildman–Crippen MR) is 137 cm³/mol. The number of amides is 1. The van der Waals surface area contributed by atoms with Crippen LogP contribution in [-0.4, -0.2) is 69.3 Å². The molecule has 33 heavy (non-hydrogen) atoms. The molecule has 1 amide bonds. The highest BCUT2D eigenvalue weighted by Crippen LogP contribution is 2.31. The monoisotopic (exact) mass is 492 g/mol. The van der Waals surface area contributed by atoms with Crippen LogP contribution in [0.2, 0.25) is 0 Å². The number of anilines is 2. The third-order valence-electron chi connectivity index (χ3n) is 6.15. The maximum atomic E-state index is 13.1. The van der Waals surface area contributed by atoms with Gasteiger partial charge in [0.1, 0.15) is 0 Å². The largest absolute Gasteiger partial charge is 0.367 e. The lowest BCUT2D eigenvalue weighted by molar-refractivity contribution is -0.116. The van der Waals surface area contributed by atoms with E-state index in [9.17, 15) is 13.2 Å². The third kappa shape index (κ3) is 6.56. The summed E-state index contributed by atoms with van der Waals surface area (Å²) < 4.78 is 27.6. The minimum absolute atomic E-state index is 0.0858. The second-order valence-corrected chi connectivity index (χ2v) is 11.1. The van der Waals surface area contributed by atoms with E-state index in [1.54, 1.807) is 23.5 Å². The van der Waals surface area contributed by atoms with Crippen LogP contribution in [0.15, 0.2) is 40.6 Å². The summed E-state index contributed by atoms with van der Waals surface area (Å²) in [5.74, 6) is -0.0858. The van der Waals surface area contributed by atoms with E-state index in [1.165, 1.54) is 9.18 Å². The maximum absolute atomic E-state index is 13.1. The molecule has 3 rings (SSSR count). The molecule has 7 nitrogen and oxygen atoms in total. The number of thiophene rings is 1. The van der Waals surface area contributed by atoms with Crippen LogP contribution in [0, 0.1) is 0 Å². The van der Waals surface area contributed by atoms with Gasteiger partial charge in [-0.1, -0.05) is 26.8 Å². The van der Waals surface area contributed by atoms with Gasteiger partial charge in [-0.05, 0) is 49.0 Å². The van der Waals surface area contributed by atoms with E-state index in [4.69, 9.17) is 0 Å². The molecule has 1 aromatic carbocycles. The first-order valence-electron chi connectivity index (χ1n) is 11.8. The van der Waals surface area contributed by atoms with Gasteiger partial charge in [-0.25, -0.2) is 8.42 Å². The highest BCUT2D eigenvalue weighted by molar-refractivity contribution is 7.89. The molecule has 0 radical (unpaired) electrons. The van der Waals surface area contributed by atoms with Gasteiger partial charge >= 0.3 is 0 Å². The van der Waals surface area contributed by atoms with Crippen molar-refractivity contribution >= 4 is 38.6 Å². The number of carbonyl (C=O) groups is 1. The van der Waals surface area contributed by atoms with Gasteiger partial charge in [0.2, 0.25) is 15.9 Å². The highest BCUT2D eigenvalue weighted by Gasteiger charge is 2.25. The number of piperazine rings is 1. The molecule has 1 saturated heterocycles. The number of likely N-dealkylation sites (N-methyl/N-ethyl adjacent to an activating group) is 1. The fourth-order valence-corrected chi connectivity index (χ4v) is 6.40. The number of hydrogen-bond acceptors (Lipinski definition) is 6. The molecule has 2 heterocycles. The summed E-state index contributed by atoms with van der Waals surface area (Å²) in [6.45, 7) is 11.2. The van der Waals surface area contributed by atoms with Crippen molar-refractivity contribution in [3.8, 4) is 0 Å². The van der Waals surface area contributed by atoms with Gasteiger partial charge in [0.05, 0.1) is 16.3 Å². The Bertz CT molecular complexity index is 997. The number of aryl methyl sites for hydroxylation is 1. The SMILES string of the molecule is CCN1CCN(c2ccc(S(=O)(=O)N(CC)CC)cc2NC(=O)CCCc2cccs2)CC1. The minimum atomic E-state index is -3.61. The summed E-state index contributed by atoms with van der Waals surface area (Å²) in [6.07, 6.45) is 2.02. The summed E-state index contributed by atoms with van der Waals surface area (Å²) >= 11 is 1.70. The molecule has 2 aromatic rings. The molecule has 9 heteroatoms. The quantitative estimate of drug-likeness (QED) is 0.515. The molecule has 0 spiro atoms. The summed E-state index contributed by atoms with van der Waals surface area (Å²) in [4.78, 5) is 18.9. The number of nitrogens with one attached hydrogen (secondary N) is 1. The van der Waals surface area contributed by atoms with Crippen LogP contribution < -0.4 is 10.2 Å². The second kappa shape index (κ2) is 12.0. The van der Waals surface area contributed by atoms with E-state index in [0.717, 1.165) is 51.3 Å². The normalized spacial score (nSPS) is 15.2. The molecule has 182 valence electrons. The van der Waals surface area contributed by atoms with E-state index in [1.807, 2.05) is 31.4 Å². The Kier molecular flexibility index (Phi) is 9.31. The molecule has 1 fully saturated rings. The van der Waals surface area contributed by atoms with Crippen molar-refractivity contribution in [2.75, 3.05) is 56.0 Å². The van der Waals surface area contributed by atoms with Crippen molar-refractivity contribution in [2.45, 2.75) is 44.9 Å². The lowest BCUT2D eigenvalue weighted by Gasteiger charge is -2.36. The van der Waals surface area contributed by atoms with E-state index in [-0.39, 0.29) is 10.8 Å². The number of carbonyl (C=O) groups excluding carboxylic acids is 1. The smallest absolute Gasteiger partial charge is 0.243 e. The van der Waals surface area contributed by atoms with Crippen molar-refractivity contribution in [1.82, 2.24) is 9.21 Å². The first-order chi connectivity index (χ1) is 15.9. The summed E-state index contributed by atoms with van der Waals surface area (Å²) in [6, 6.07) is 9.25. The number of nitrogens with zero attached hydrogens (tertiary/aromatic N) is 3. The lowest BCUT2D eigenvalue weighted by atomic mass is 10.2. The van der Waals surface area contributed by atoms with Crippen LogP contribution in [0.3, 0.4) is 0 Å². The zero-order valence-corrected chi connectivity index (χ0v) is 21.6. The first kappa shape index (κ1) is 25.7. The standard InChI is InChI=1S/C24H36N4O3S2/c1-4-26-14-16-27(17-15-26)23-13-12-21(33(30,31)28(5-2)6-3)19-22(23)25-24(29)11-7-9-20-10-8-18-32-20/h8,10,12-13,18-19H,4-7,9,11,14-17H2,1-3H3,(H,25,29). The fraction of sp³-hybridized carbons (Fsp3) is 0.542. The maximum Gasteiger partial charge on any atom is 0.243 e. The Morgan fingerprint density at radius 2 is 1.82 bits per heavy atom. The number of rotatable bonds is 11. The number of benzene rings is 1. The first-order valence-corrected chi connectivity index (χ1v) is 14.1. The van der Waals surface area contributed by atoms with Crippen molar-refractivity contribution < 1.29 is 13.2 Å². The Morgan fingerprint density at radius 1 is 1.09 bits per heavy atom. The molecule has 0 bridgehead atoms.